The summed E-state index contributed by atoms with van der Waals surface area (Å²) in [6.07, 6.45) is 4.45. The smallest absolute Gasteiger partial charge is 0.142 e. The number of rotatable bonds is 5. The molecular formula is C14H17N3OS. The summed E-state index contributed by atoms with van der Waals surface area (Å²) in [7, 11) is 1.78. The lowest BCUT2D eigenvalue weighted by Crippen LogP contribution is -2.44. The van der Waals surface area contributed by atoms with Gasteiger partial charge in [-0.05, 0) is 25.0 Å². The van der Waals surface area contributed by atoms with Gasteiger partial charge in [-0.25, -0.2) is 4.98 Å². The fourth-order valence-corrected chi connectivity index (χ4v) is 2.96. The van der Waals surface area contributed by atoms with Crippen molar-refractivity contribution in [2.75, 3.05) is 7.11 Å². The largest absolute Gasteiger partial charge is 0.381 e. The Morgan fingerprint density at radius 2 is 2.32 bits per heavy atom. The second kappa shape index (κ2) is 5.77. The Morgan fingerprint density at radius 3 is 3.05 bits per heavy atom. The second-order valence-corrected chi connectivity index (χ2v) is 5.62. The van der Waals surface area contributed by atoms with Gasteiger partial charge in [0.05, 0.1) is 17.5 Å². The van der Waals surface area contributed by atoms with Crippen molar-refractivity contribution in [3.8, 4) is 10.7 Å². The van der Waals surface area contributed by atoms with Crippen LogP contribution in [0.2, 0.25) is 0 Å². The van der Waals surface area contributed by atoms with Crippen LogP contribution in [-0.2, 0) is 11.3 Å². The highest BCUT2D eigenvalue weighted by atomic mass is 32.1. The molecule has 0 amide bonds. The van der Waals surface area contributed by atoms with E-state index in [1.807, 2.05) is 18.2 Å². The fourth-order valence-electron chi connectivity index (χ4n) is 2.17. The first kappa shape index (κ1) is 12.7. The summed E-state index contributed by atoms with van der Waals surface area (Å²) in [6.45, 7) is 0.824. The number of nitrogens with one attached hydrogen (secondary N) is 1. The van der Waals surface area contributed by atoms with E-state index in [1.54, 1.807) is 24.6 Å². The van der Waals surface area contributed by atoms with E-state index in [2.05, 4.69) is 20.7 Å². The lowest BCUT2D eigenvalue weighted by Gasteiger charge is -2.34. The van der Waals surface area contributed by atoms with Gasteiger partial charge in [0.25, 0.3) is 0 Å². The lowest BCUT2D eigenvalue weighted by molar-refractivity contribution is 0.0169. The molecule has 0 atom stereocenters. The van der Waals surface area contributed by atoms with Crippen LogP contribution < -0.4 is 5.32 Å². The molecule has 4 nitrogen and oxygen atoms in total. The normalized spacial score (nSPS) is 22.2. The van der Waals surface area contributed by atoms with Crippen LogP contribution in [0.5, 0.6) is 0 Å². The van der Waals surface area contributed by atoms with Crippen molar-refractivity contribution in [1.82, 2.24) is 15.3 Å². The number of hydrogen-bond donors (Lipinski definition) is 1. The highest BCUT2D eigenvalue weighted by Gasteiger charge is 2.28. The highest BCUT2D eigenvalue weighted by molar-refractivity contribution is 7.13. The molecule has 1 aliphatic rings. The Bertz CT molecular complexity index is 522. The summed E-state index contributed by atoms with van der Waals surface area (Å²) >= 11 is 1.65. The van der Waals surface area contributed by atoms with E-state index in [-0.39, 0.29) is 0 Å². The lowest BCUT2D eigenvalue weighted by atomic mass is 9.89. The first-order valence-electron chi connectivity index (χ1n) is 6.47. The quantitative estimate of drug-likeness (QED) is 0.910. The molecule has 0 aliphatic heterocycles. The molecule has 1 aliphatic carbocycles. The SMILES string of the molecule is COC1CC(NCc2csc(-c3ccccn3)n2)C1. The van der Waals surface area contributed by atoms with Gasteiger partial charge in [0.2, 0.25) is 0 Å². The van der Waals surface area contributed by atoms with E-state index in [0.717, 1.165) is 35.8 Å². The van der Waals surface area contributed by atoms with Crippen LogP contribution in [0.3, 0.4) is 0 Å². The van der Waals surface area contributed by atoms with Crippen LogP contribution in [0.15, 0.2) is 29.8 Å². The summed E-state index contributed by atoms with van der Waals surface area (Å²) in [6, 6.07) is 6.47. The number of hydrogen-bond acceptors (Lipinski definition) is 5. The molecule has 5 heteroatoms. The van der Waals surface area contributed by atoms with E-state index >= 15 is 0 Å². The van der Waals surface area contributed by atoms with Crippen molar-refractivity contribution < 1.29 is 4.74 Å². The number of aromatic nitrogens is 2. The summed E-state index contributed by atoms with van der Waals surface area (Å²) in [4.78, 5) is 8.93. The van der Waals surface area contributed by atoms with Gasteiger partial charge >= 0.3 is 0 Å². The zero-order valence-corrected chi connectivity index (χ0v) is 11.7. The minimum absolute atomic E-state index is 0.442. The van der Waals surface area contributed by atoms with Crippen LogP contribution in [0.1, 0.15) is 18.5 Å². The monoisotopic (exact) mass is 275 g/mol. The molecule has 1 N–H and O–H groups in total. The van der Waals surface area contributed by atoms with Crippen molar-refractivity contribution >= 4 is 11.3 Å². The summed E-state index contributed by atoms with van der Waals surface area (Å²) < 4.78 is 5.27. The predicted octanol–water partition coefficient (Wildman–Crippen LogP) is 2.47. The van der Waals surface area contributed by atoms with Crippen molar-refractivity contribution in [3.63, 3.8) is 0 Å². The number of thiazole rings is 1. The Morgan fingerprint density at radius 1 is 1.42 bits per heavy atom. The molecule has 3 rings (SSSR count). The second-order valence-electron chi connectivity index (χ2n) is 4.77. The van der Waals surface area contributed by atoms with Crippen LogP contribution in [0.4, 0.5) is 0 Å². The Hall–Kier alpha value is -1.30. The van der Waals surface area contributed by atoms with Gasteiger partial charge in [-0.3, -0.25) is 4.98 Å². The first-order valence-corrected chi connectivity index (χ1v) is 7.35. The number of ether oxygens (including phenoxy) is 1. The van der Waals surface area contributed by atoms with Gasteiger partial charge in [-0.15, -0.1) is 11.3 Å². The third-order valence-corrected chi connectivity index (χ3v) is 4.35. The van der Waals surface area contributed by atoms with E-state index < -0.39 is 0 Å². The number of nitrogens with zero attached hydrogens (tertiary/aromatic N) is 2. The molecule has 0 unspecified atom stereocenters. The van der Waals surface area contributed by atoms with Gasteiger partial charge in [0.15, 0.2) is 0 Å². The molecule has 2 heterocycles. The number of pyridine rings is 1. The summed E-state index contributed by atoms with van der Waals surface area (Å²) in [5.74, 6) is 0. The van der Waals surface area contributed by atoms with E-state index in [0.29, 0.717) is 12.1 Å². The third-order valence-electron chi connectivity index (χ3n) is 3.44. The molecule has 2 aromatic heterocycles. The molecule has 100 valence electrons. The number of methoxy groups -OCH3 is 1. The average Bonchev–Trinajstić information content (AvgIpc) is 2.87. The zero-order chi connectivity index (χ0) is 13.1. The van der Waals surface area contributed by atoms with Crippen LogP contribution in [0.25, 0.3) is 10.7 Å². The maximum Gasteiger partial charge on any atom is 0.142 e. The molecule has 0 aromatic carbocycles. The maximum atomic E-state index is 5.27. The van der Waals surface area contributed by atoms with Gasteiger partial charge in [-0.1, -0.05) is 6.07 Å². The van der Waals surface area contributed by atoms with Gasteiger partial charge in [0, 0.05) is 31.3 Å². The summed E-state index contributed by atoms with van der Waals surface area (Å²) in [5.41, 5.74) is 2.04. The topological polar surface area (TPSA) is 47.0 Å². The predicted molar refractivity (Wildman–Crippen MR) is 76.0 cm³/mol. The van der Waals surface area contributed by atoms with E-state index in [1.165, 1.54) is 0 Å². The van der Waals surface area contributed by atoms with Crippen molar-refractivity contribution in [2.24, 2.45) is 0 Å². The third kappa shape index (κ3) is 3.00. The van der Waals surface area contributed by atoms with Crippen LogP contribution in [-0.4, -0.2) is 29.2 Å². The van der Waals surface area contributed by atoms with Crippen molar-refractivity contribution in [3.05, 3.63) is 35.5 Å². The molecule has 0 bridgehead atoms. The first-order chi connectivity index (χ1) is 9.35. The molecule has 0 saturated heterocycles. The maximum absolute atomic E-state index is 5.27. The minimum atomic E-state index is 0.442. The molecule has 2 aromatic rings. The van der Waals surface area contributed by atoms with Crippen LogP contribution >= 0.6 is 11.3 Å². The Balaban J connectivity index is 1.54. The Kier molecular flexibility index (Phi) is 3.87. The van der Waals surface area contributed by atoms with Gasteiger partial charge in [0.1, 0.15) is 5.01 Å². The molecule has 19 heavy (non-hydrogen) atoms. The minimum Gasteiger partial charge on any atom is -0.381 e. The van der Waals surface area contributed by atoms with Crippen molar-refractivity contribution in [1.29, 1.82) is 0 Å². The van der Waals surface area contributed by atoms with Crippen LogP contribution in [0, 0.1) is 0 Å². The van der Waals surface area contributed by atoms with Gasteiger partial charge < -0.3 is 10.1 Å². The molecule has 1 saturated carbocycles. The standard InChI is InChI=1S/C14H17N3OS/c1-18-12-6-10(7-12)16-8-11-9-19-14(17-11)13-4-2-3-5-15-13/h2-5,9-10,12,16H,6-8H2,1H3. The molecule has 0 spiro atoms. The zero-order valence-electron chi connectivity index (χ0n) is 10.9. The average molecular weight is 275 g/mol. The van der Waals surface area contributed by atoms with Crippen molar-refractivity contribution in [2.45, 2.75) is 31.5 Å². The van der Waals surface area contributed by atoms with E-state index in [9.17, 15) is 0 Å². The molecule has 0 radical (unpaired) electrons. The Labute approximate surface area is 116 Å². The van der Waals surface area contributed by atoms with E-state index in [4.69, 9.17) is 4.74 Å². The van der Waals surface area contributed by atoms with Gasteiger partial charge in [-0.2, -0.15) is 0 Å². The summed E-state index contributed by atoms with van der Waals surface area (Å²) in [5, 5.41) is 6.60. The molecule has 1 fully saturated rings. The molecular weight excluding hydrogens is 258 g/mol. The fraction of sp³-hybridized carbons (Fsp3) is 0.429. The highest BCUT2D eigenvalue weighted by Crippen LogP contribution is 2.24.